The smallest absolute Gasteiger partial charge is 0.348 e. The van der Waals surface area contributed by atoms with Crippen molar-refractivity contribution >= 4 is 23.2 Å². The van der Waals surface area contributed by atoms with Gasteiger partial charge in [0.2, 0.25) is 0 Å². The predicted molar refractivity (Wildman–Crippen MR) is 84.3 cm³/mol. The van der Waals surface area contributed by atoms with E-state index in [1.807, 2.05) is 24.3 Å². The predicted octanol–water partition coefficient (Wildman–Crippen LogP) is 2.27. The summed E-state index contributed by atoms with van der Waals surface area (Å²) in [6.45, 7) is 0.179. The van der Waals surface area contributed by atoms with E-state index in [1.54, 1.807) is 24.6 Å². The Labute approximate surface area is 132 Å². The highest BCUT2D eigenvalue weighted by Gasteiger charge is 2.10. The Hall–Kier alpha value is -2.34. The van der Waals surface area contributed by atoms with Crippen LogP contribution in [0.2, 0.25) is 0 Å². The topological polar surface area (TPSA) is 64.6 Å². The lowest BCUT2D eigenvalue weighted by Crippen LogP contribution is -2.30. The van der Waals surface area contributed by atoms with E-state index < -0.39 is 5.97 Å². The molecule has 0 aliphatic carbocycles. The van der Waals surface area contributed by atoms with Crippen molar-refractivity contribution in [3.05, 3.63) is 52.2 Å². The molecule has 0 aliphatic rings. The quantitative estimate of drug-likeness (QED) is 0.795. The lowest BCUT2D eigenvalue weighted by atomic mass is 10.1. The molecule has 0 aliphatic heterocycles. The van der Waals surface area contributed by atoms with Crippen molar-refractivity contribution < 1.29 is 19.1 Å². The second-order valence-corrected chi connectivity index (χ2v) is 5.41. The maximum absolute atomic E-state index is 11.6. The van der Waals surface area contributed by atoms with Crippen molar-refractivity contribution in [1.29, 1.82) is 0 Å². The summed E-state index contributed by atoms with van der Waals surface area (Å²) in [5.41, 5.74) is 1.01. The zero-order valence-corrected chi connectivity index (χ0v) is 13.0. The van der Waals surface area contributed by atoms with Gasteiger partial charge >= 0.3 is 5.97 Å². The average molecular weight is 319 g/mol. The molecule has 22 heavy (non-hydrogen) atoms. The summed E-state index contributed by atoms with van der Waals surface area (Å²) < 4.78 is 10.2. The van der Waals surface area contributed by atoms with Crippen LogP contribution in [0, 0.1) is 0 Å². The first-order valence-corrected chi connectivity index (χ1v) is 7.68. The zero-order chi connectivity index (χ0) is 15.8. The highest BCUT2D eigenvalue weighted by atomic mass is 32.1. The van der Waals surface area contributed by atoms with Crippen molar-refractivity contribution in [3.63, 3.8) is 0 Å². The van der Waals surface area contributed by atoms with Gasteiger partial charge in [0.05, 0.1) is 7.11 Å². The van der Waals surface area contributed by atoms with Crippen LogP contribution in [0.1, 0.15) is 15.2 Å². The molecule has 0 atom stereocenters. The minimum Gasteiger partial charge on any atom is -0.496 e. The standard InChI is InChI=1S/C16H17NO4S/c1-20-13-6-3-2-5-12(13)8-9-17-15(18)11-21-16(19)14-7-4-10-22-14/h2-7,10H,8-9,11H2,1H3,(H,17,18). The summed E-state index contributed by atoms with van der Waals surface area (Å²) in [5.74, 6) is -0.00412. The number of rotatable bonds is 7. The number of benzene rings is 1. The third-order valence-electron chi connectivity index (χ3n) is 2.97. The molecule has 1 N–H and O–H groups in total. The van der Waals surface area contributed by atoms with Gasteiger partial charge in [-0.1, -0.05) is 24.3 Å². The van der Waals surface area contributed by atoms with Crippen LogP contribution >= 0.6 is 11.3 Å². The van der Waals surface area contributed by atoms with Crippen LogP contribution in [0.25, 0.3) is 0 Å². The van der Waals surface area contributed by atoms with Gasteiger partial charge in [-0.25, -0.2) is 4.79 Å². The molecule has 0 radical (unpaired) electrons. The number of ether oxygens (including phenoxy) is 2. The fourth-order valence-electron chi connectivity index (χ4n) is 1.89. The van der Waals surface area contributed by atoms with E-state index in [4.69, 9.17) is 9.47 Å². The molecule has 1 aromatic carbocycles. The van der Waals surface area contributed by atoms with Crippen molar-refractivity contribution in [3.8, 4) is 5.75 Å². The largest absolute Gasteiger partial charge is 0.496 e. The molecule has 2 aromatic rings. The van der Waals surface area contributed by atoms with Crippen LogP contribution in [0.4, 0.5) is 0 Å². The van der Waals surface area contributed by atoms with Gasteiger partial charge in [-0.15, -0.1) is 11.3 Å². The number of amides is 1. The van der Waals surface area contributed by atoms with Gasteiger partial charge in [-0.3, -0.25) is 4.79 Å². The van der Waals surface area contributed by atoms with Crippen molar-refractivity contribution in [2.45, 2.75) is 6.42 Å². The van der Waals surface area contributed by atoms with Gasteiger partial charge in [0.15, 0.2) is 6.61 Å². The number of esters is 1. The highest BCUT2D eigenvalue weighted by Crippen LogP contribution is 2.17. The van der Waals surface area contributed by atoms with Crippen molar-refractivity contribution in [2.75, 3.05) is 20.3 Å². The number of methoxy groups -OCH3 is 1. The molecular weight excluding hydrogens is 302 g/mol. The zero-order valence-electron chi connectivity index (χ0n) is 12.2. The van der Waals surface area contributed by atoms with E-state index >= 15 is 0 Å². The third-order valence-corrected chi connectivity index (χ3v) is 3.82. The van der Waals surface area contributed by atoms with Gasteiger partial charge in [0.25, 0.3) is 5.91 Å². The summed E-state index contributed by atoms with van der Waals surface area (Å²) in [5, 5.41) is 4.50. The average Bonchev–Trinajstić information content (AvgIpc) is 3.07. The van der Waals surface area contributed by atoms with E-state index in [0.29, 0.717) is 17.8 Å². The molecule has 0 unspecified atom stereocenters. The number of hydrogen-bond donors (Lipinski definition) is 1. The van der Waals surface area contributed by atoms with Gasteiger partial charge in [-0.05, 0) is 29.5 Å². The van der Waals surface area contributed by atoms with Crippen molar-refractivity contribution in [2.24, 2.45) is 0 Å². The van der Waals surface area contributed by atoms with E-state index in [-0.39, 0.29) is 12.5 Å². The van der Waals surface area contributed by atoms with Gasteiger partial charge < -0.3 is 14.8 Å². The summed E-state index contributed by atoms with van der Waals surface area (Å²) in [4.78, 5) is 23.7. The number of carbonyl (C=O) groups excluding carboxylic acids is 2. The van der Waals surface area contributed by atoms with Crippen LogP contribution in [0.15, 0.2) is 41.8 Å². The minimum absolute atomic E-state index is 0.275. The normalized spacial score (nSPS) is 10.0. The molecular formula is C16H17NO4S. The molecule has 1 heterocycles. The van der Waals surface area contributed by atoms with Crippen LogP contribution < -0.4 is 10.1 Å². The lowest BCUT2D eigenvalue weighted by Gasteiger charge is -2.09. The molecule has 0 bridgehead atoms. The fraction of sp³-hybridized carbons (Fsp3) is 0.250. The van der Waals surface area contributed by atoms with Gasteiger partial charge in [0, 0.05) is 6.54 Å². The van der Waals surface area contributed by atoms with Crippen LogP contribution in [0.3, 0.4) is 0 Å². The second kappa shape index (κ2) is 8.19. The van der Waals surface area contributed by atoms with E-state index in [0.717, 1.165) is 11.3 Å². The number of nitrogens with one attached hydrogen (secondary N) is 1. The van der Waals surface area contributed by atoms with E-state index in [2.05, 4.69) is 5.32 Å². The van der Waals surface area contributed by atoms with Gasteiger partial charge in [0.1, 0.15) is 10.6 Å². The van der Waals surface area contributed by atoms with Crippen LogP contribution in [-0.2, 0) is 16.0 Å². The maximum Gasteiger partial charge on any atom is 0.348 e. The van der Waals surface area contributed by atoms with Crippen LogP contribution in [-0.4, -0.2) is 32.1 Å². The monoisotopic (exact) mass is 319 g/mol. The maximum atomic E-state index is 11.6. The Morgan fingerprint density at radius 1 is 1.18 bits per heavy atom. The third kappa shape index (κ3) is 4.60. The summed E-state index contributed by atoms with van der Waals surface area (Å²) in [7, 11) is 1.61. The molecule has 1 aromatic heterocycles. The first-order valence-electron chi connectivity index (χ1n) is 6.80. The second-order valence-electron chi connectivity index (χ2n) is 4.47. The molecule has 0 saturated carbocycles. The number of hydrogen-bond acceptors (Lipinski definition) is 5. The Bertz CT molecular complexity index is 625. The summed E-state index contributed by atoms with van der Waals surface area (Å²) in [6.07, 6.45) is 0.647. The first kappa shape index (κ1) is 16.0. The van der Waals surface area contributed by atoms with E-state index in [9.17, 15) is 9.59 Å². The number of thiophene rings is 1. The fourth-order valence-corrected chi connectivity index (χ4v) is 2.51. The lowest BCUT2D eigenvalue weighted by molar-refractivity contribution is -0.124. The van der Waals surface area contributed by atoms with Crippen LogP contribution in [0.5, 0.6) is 5.75 Å². The SMILES string of the molecule is COc1ccccc1CCNC(=O)COC(=O)c1cccs1. The molecule has 116 valence electrons. The van der Waals surface area contributed by atoms with Gasteiger partial charge in [-0.2, -0.15) is 0 Å². The number of carbonyl (C=O) groups is 2. The molecule has 6 heteroatoms. The summed E-state index contributed by atoms with van der Waals surface area (Å²) >= 11 is 1.28. The molecule has 2 rings (SSSR count). The molecule has 0 saturated heterocycles. The Morgan fingerprint density at radius 2 is 2.00 bits per heavy atom. The summed E-state index contributed by atoms with van der Waals surface area (Å²) in [6, 6.07) is 11.1. The molecule has 1 amide bonds. The molecule has 0 fully saturated rings. The number of para-hydroxylation sites is 1. The highest BCUT2D eigenvalue weighted by molar-refractivity contribution is 7.11. The van der Waals surface area contributed by atoms with E-state index in [1.165, 1.54) is 11.3 Å². The first-order chi connectivity index (χ1) is 10.7. The molecule has 0 spiro atoms. The Balaban J connectivity index is 1.71. The van der Waals surface area contributed by atoms with Crippen molar-refractivity contribution in [1.82, 2.24) is 5.32 Å². The molecule has 5 nitrogen and oxygen atoms in total. The Morgan fingerprint density at radius 3 is 2.73 bits per heavy atom. The minimum atomic E-state index is -0.477. The Kier molecular flexibility index (Phi) is 5.97.